The number of aryl methyl sites for hydroxylation is 1. The minimum Gasteiger partial charge on any atom is -0.457 e. The van der Waals surface area contributed by atoms with Gasteiger partial charge in [0.25, 0.3) is 5.69 Å². The van der Waals surface area contributed by atoms with E-state index in [2.05, 4.69) is 5.32 Å². The van der Waals surface area contributed by atoms with Crippen molar-refractivity contribution in [3.8, 4) is 0 Å². The van der Waals surface area contributed by atoms with Crippen molar-refractivity contribution in [1.82, 2.24) is 0 Å². The Balaban J connectivity index is 1.91. The molecule has 0 unspecified atom stereocenters. The molecule has 0 aromatic heterocycles. The molecule has 0 heterocycles. The van der Waals surface area contributed by atoms with E-state index < -0.39 is 23.3 Å². The van der Waals surface area contributed by atoms with Gasteiger partial charge in [-0.1, -0.05) is 24.3 Å². The number of nitro groups is 1. The van der Waals surface area contributed by atoms with E-state index in [1.165, 1.54) is 25.1 Å². The van der Waals surface area contributed by atoms with Crippen LogP contribution in [0.5, 0.6) is 0 Å². The van der Waals surface area contributed by atoms with Crippen LogP contribution < -0.4 is 5.32 Å². The van der Waals surface area contributed by atoms with Gasteiger partial charge in [0.1, 0.15) is 0 Å². The Bertz CT molecular complexity index is 890. The summed E-state index contributed by atoms with van der Waals surface area (Å²) in [6, 6.07) is 10.7. The molecule has 0 saturated carbocycles. The zero-order chi connectivity index (χ0) is 20.0. The van der Waals surface area contributed by atoms with E-state index in [1.54, 1.807) is 31.2 Å². The molecule has 0 aliphatic carbocycles. The molecule has 8 heteroatoms. The predicted octanol–water partition coefficient (Wildman–Crippen LogP) is 2.83. The van der Waals surface area contributed by atoms with Crippen molar-refractivity contribution in [3.63, 3.8) is 0 Å². The molecule has 0 spiro atoms. The summed E-state index contributed by atoms with van der Waals surface area (Å²) in [5.74, 6) is -1.32. The number of hydrogen-bond acceptors (Lipinski definition) is 6. The molecule has 2 aromatic carbocycles. The number of ether oxygens (including phenoxy) is 1. The van der Waals surface area contributed by atoms with Gasteiger partial charge < -0.3 is 10.1 Å². The smallest absolute Gasteiger partial charge is 0.310 e. The highest BCUT2D eigenvalue weighted by molar-refractivity contribution is 5.98. The van der Waals surface area contributed by atoms with Gasteiger partial charge in [-0.3, -0.25) is 24.5 Å². The third kappa shape index (κ3) is 5.74. The van der Waals surface area contributed by atoms with Crippen LogP contribution in [-0.2, 0) is 20.7 Å². The van der Waals surface area contributed by atoms with Crippen molar-refractivity contribution in [2.45, 2.75) is 20.3 Å². The Labute approximate surface area is 155 Å². The van der Waals surface area contributed by atoms with Gasteiger partial charge in [0.2, 0.25) is 11.7 Å². The van der Waals surface area contributed by atoms with Crippen molar-refractivity contribution in [1.29, 1.82) is 0 Å². The average molecular weight is 370 g/mol. The second-order valence-electron chi connectivity index (χ2n) is 5.90. The van der Waals surface area contributed by atoms with Crippen LogP contribution >= 0.6 is 0 Å². The summed E-state index contributed by atoms with van der Waals surface area (Å²) in [5.41, 5.74) is 1.66. The molecule has 140 valence electrons. The van der Waals surface area contributed by atoms with E-state index in [0.29, 0.717) is 16.8 Å². The van der Waals surface area contributed by atoms with Gasteiger partial charge >= 0.3 is 5.97 Å². The number of benzene rings is 2. The van der Waals surface area contributed by atoms with E-state index >= 15 is 0 Å². The molecule has 8 nitrogen and oxygen atoms in total. The number of nitro benzene ring substituents is 1. The van der Waals surface area contributed by atoms with Gasteiger partial charge in [-0.25, -0.2) is 0 Å². The number of hydrogen-bond donors (Lipinski definition) is 1. The van der Waals surface area contributed by atoms with Crippen LogP contribution in [0.3, 0.4) is 0 Å². The first-order valence-corrected chi connectivity index (χ1v) is 8.06. The second-order valence-corrected chi connectivity index (χ2v) is 5.90. The van der Waals surface area contributed by atoms with Crippen LogP contribution in [0.1, 0.15) is 28.4 Å². The molecule has 0 atom stereocenters. The molecule has 27 heavy (non-hydrogen) atoms. The molecule has 0 saturated heterocycles. The van der Waals surface area contributed by atoms with Gasteiger partial charge in [-0.15, -0.1) is 0 Å². The molecule has 0 aliphatic rings. The lowest BCUT2D eigenvalue weighted by molar-refractivity contribution is -0.385. The second kappa shape index (κ2) is 8.70. The molecule has 2 aromatic rings. The van der Waals surface area contributed by atoms with E-state index in [-0.39, 0.29) is 23.6 Å². The van der Waals surface area contributed by atoms with Crippen molar-refractivity contribution in [3.05, 3.63) is 69.3 Å². The lowest BCUT2D eigenvalue weighted by atomic mass is 10.1. The quantitative estimate of drug-likeness (QED) is 0.347. The van der Waals surface area contributed by atoms with Gasteiger partial charge in [0.15, 0.2) is 6.61 Å². The summed E-state index contributed by atoms with van der Waals surface area (Å²) >= 11 is 0. The van der Waals surface area contributed by atoms with Gasteiger partial charge in [-0.05, 0) is 24.6 Å². The topological polar surface area (TPSA) is 116 Å². The average Bonchev–Trinajstić information content (AvgIpc) is 2.61. The number of nitrogens with zero attached hydrogens (tertiary/aromatic N) is 1. The summed E-state index contributed by atoms with van der Waals surface area (Å²) in [6.45, 7) is 2.47. The third-order valence-corrected chi connectivity index (χ3v) is 3.71. The monoisotopic (exact) mass is 370 g/mol. The van der Waals surface area contributed by atoms with Crippen LogP contribution in [0.4, 0.5) is 11.4 Å². The van der Waals surface area contributed by atoms with E-state index in [9.17, 15) is 24.5 Å². The van der Waals surface area contributed by atoms with E-state index in [0.717, 1.165) is 0 Å². The van der Waals surface area contributed by atoms with E-state index in [1.807, 2.05) is 0 Å². The highest BCUT2D eigenvalue weighted by atomic mass is 16.6. The summed E-state index contributed by atoms with van der Waals surface area (Å²) < 4.78 is 4.96. The SMILES string of the molecule is CC(=O)Nc1ccc(CC(=O)OCC(=O)c2ccc(C)c([N+](=O)[O-])c2)cc1. The number of nitrogens with one attached hydrogen (secondary N) is 1. The summed E-state index contributed by atoms with van der Waals surface area (Å²) in [5, 5.41) is 13.5. The fourth-order valence-electron chi connectivity index (χ4n) is 2.34. The maximum atomic E-state index is 12.1. The number of ketones is 1. The van der Waals surface area contributed by atoms with Crippen LogP contribution in [-0.4, -0.2) is 29.2 Å². The Morgan fingerprint density at radius 3 is 2.37 bits per heavy atom. The zero-order valence-corrected chi connectivity index (χ0v) is 14.9. The highest BCUT2D eigenvalue weighted by Gasteiger charge is 2.16. The first-order valence-electron chi connectivity index (χ1n) is 8.06. The molecule has 1 N–H and O–H groups in total. The lowest BCUT2D eigenvalue weighted by Gasteiger charge is -2.06. The standard InChI is InChI=1S/C19H18N2O6/c1-12-3-6-15(10-17(12)21(25)26)18(23)11-27-19(24)9-14-4-7-16(8-5-14)20-13(2)22/h3-8,10H,9,11H2,1-2H3,(H,20,22). The Morgan fingerprint density at radius 2 is 1.78 bits per heavy atom. The molecule has 2 rings (SSSR count). The summed E-state index contributed by atoms with van der Waals surface area (Å²) in [7, 11) is 0. The largest absolute Gasteiger partial charge is 0.457 e. The lowest BCUT2D eigenvalue weighted by Crippen LogP contribution is -2.16. The third-order valence-electron chi connectivity index (χ3n) is 3.71. The van der Waals surface area contributed by atoms with Crippen LogP contribution in [0.2, 0.25) is 0 Å². The predicted molar refractivity (Wildman–Crippen MR) is 97.6 cm³/mol. The van der Waals surface area contributed by atoms with Crippen LogP contribution in [0, 0.1) is 17.0 Å². The van der Waals surface area contributed by atoms with Crippen molar-refractivity contribution >= 4 is 29.0 Å². The first kappa shape index (κ1) is 19.8. The van der Waals surface area contributed by atoms with Crippen LogP contribution in [0.15, 0.2) is 42.5 Å². The van der Waals surface area contributed by atoms with Crippen molar-refractivity contribution in [2.75, 3.05) is 11.9 Å². The first-order chi connectivity index (χ1) is 12.8. The number of carbonyl (C=O) groups excluding carboxylic acids is 3. The summed E-state index contributed by atoms with van der Waals surface area (Å²) in [6.07, 6.45) is -0.0400. The maximum Gasteiger partial charge on any atom is 0.310 e. The Hall–Kier alpha value is -3.55. The molecule has 0 radical (unpaired) electrons. The fraction of sp³-hybridized carbons (Fsp3) is 0.211. The molecule has 1 amide bonds. The Kier molecular flexibility index (Phi) is 6.37. The summed E-state index contributed by atoms with van der Waals surface area (Å²) in [4.78, 5) is 45.3. The minimum absolute atomic E-state index is 0.0400. The fourth-order valence-corrected chi connectivity index (χ4v) is 2.34. The number of rotatable bonds is 7. The highest BCUT2D eigenvalue weighted by Crippen LogP contribution is 2.19. The number of carbonyl (C=O) groups is 3. The molecule has 0 bridgehead atoms. The molecule has 0 aliphatic heterocycles. The van der Waals surface area contributed by atoms with Crippen molar-refractivity contribution in [2.24, 2.45) is 0 Å². The van der Waals surface area contributed by atoms with Crippen molar-refractivity contribution < 1.29 is 24.0 Å². The van der Waals surface area contributed by atoms with Gasteiger partial charge in [0.05, 0.1) is 11.3 Å². The van der Waals surface area contributed by atoms with Crippen LogP contribution in [0.25, 0.3) is 0 Å². The zero-order valence-electron chi connectivity index (χ0n) is 14.9. The normalized spacial score (nSPS) is 10.1. The number of Topliss-reactive ketones (excluding diaryl/α,β-unsaturated/α-hetero) is 1. The van der Waals surface area contributed by atoms with Gasteiger partial charge in [0, 0.05) is 29.8 Å². The number of amides is 1. The Morgan fingerprint density at radius 1 is 1.11 bits per heavy atom. The number of anilines is 1. The van der Waals surface area contributed by atoms with E-state index in [4.69, 9.17) is 4.74 Å². The molecular formula is C19H18N2O6. The molecular weight excluding hydrogens is 352 g/mol. The molecule has 0 fully saturated rings. The minimum atomic E-state index is -0.600. The van der Waals surface area contributed by atoms with Gasteiger partial charge in [-0.2, -0.15) is 0 Å². The number of esters is 1. The maximum absolute atomic E-state index is 12.1.